The van der Waals surface area contributed by atoms with E-state index in [1.54, 1.807) is 6.07 Å². The Labute approximate surface area is 96.8 Å². The van der Waals surface area contributed by atoms with E-state index < -0.39 is 6.43 Å². The van der Waals surface area contributed by atoms with E-state index in [0.29, 0.717) is 4.47 Å². The van der Waals surface area contributed by atoms with Crippen molar-refractivity contribution in [3.05, 3.63) is 32.2 Å². The van der Waals surface area contributed by atoms with E-state index >= 15 is 0 Å². The van der Waals surface area contributed by atoms with E-state index in [2.05, 4.69) is 31.9 Å². The predicted molar refractivity (Wildman–Crippen MR) is 56.8 cm³/mol. The van der Waals surface area contributed by atoms with Crippen LogP contribution >= 0.6 is 31.9 Å². The van der Waals surface area contributed by atoms with E-state index in [-0.39, 0.29) is 21.4 Å². The highest BCUT2D eigenvalue weighted by Crippen LogP contribution is 2.34. The van der Waals surface area contributed by atoms with Crippen LogP contribution in [0.1, 0.15) is 29.3 Å². The van der Waals surface area contributed by atoms with Gasteiger partial charge in [0, 0.05) is 20.1 Å². The van der Waals surface area contributed by atoms with Crippen molar-refractivity contribution in [2.24, 2.45) is 0 Å². The van der Waals surface area contributed by atoms with E-state index in [0.717, 1.165) is 0 Å². The Hall–Kier alpha value is -0.290. The first-order chi connectivity index (χ1) is 6.45. The molecule has 76 valence electrons. The van der Waals surface area contributed by atoms with Crippen molar-refractivity contribution in [3.63, 3.8) is 0 Å². The average molecular weight is 328 g/mol. The molecule has 0 aliphatic rings. The quantitative estimate of drug-likeness (QED) is 0.738. The fourth-order valence-corrected chi connectivity index (χ4v) is 2.27. The first-order valence-electron chi connectivity index (χ1n) is 3.72. The zero-order valence-electron chi connectivity index (χ0n) is 7.15. The van der Waals surface area contributed by atoms with Crippen molar-refractivity contribution in [2.45, 2.75) is 13.3 Å². The molecule has 1 rings (SSSR count). The smallest absolute Gasteiger partial charge is 0.265 e. The van der Waals surface area contributed by atoms with Crippen LogP contribution < -0.4 is 0 Å². The van der Waals surface area contributed by atoms with Gasteiger partial charge in [-0.3, -0.25) is 4.79 Å². The number of halogens is 4. The molecule has 0 heterocycles. The van der Waals surface area contributed by atoms with Crippen LogP contribution in [0.25, 0.3) is 0 Å². The highest BCUT2D eigenvalue weighted by molar-refractivity contribution is 9.11. The lowest BCUT2D eigenvalue weighted by Crippen LogP contribution is -2.02. The topological polar surface area (TPSA) is 17.1 Å². The Bertz CT molecular complexity index is 377. The SMILES string of the molecule is CC(=O)c1c(Br)ccc(Br)c1C(F)F. The second-order valence-corrected chi connectivity index (χ2v) is 4.38. The lowest BCUT2D eigenvalue weighted by molar-refractivity contribution is 0.0997. The molecule has 0 atom stereocenters. The molecule has 1 nitrogen and oxygen atoms in total. The van der Waals surface area contributed by atoms with Crippen LogP contribution in [0, 0.1) is 0 Å². The average Bonchev–Trinajstić information content (AvgIpc) is 2.07. The van der Waals surface area contributed by atoms with Gasteiger partial charge in [0.25, 0.3) is 6.43 Å². The van der Waals surface area contributed by atoms with Crippen molar-refractivity contribution >= 4 is 37.6 Å². The molecule has 14 heavy (non-hydrogen) atoms. The minimum absolute atomic E-state index is 0.0365. The van der Waals surface area contributed by atoms with Gasteiger partial charge < -0.3 is 0 Å². The highest BCUT2D eigenvalue weighted by Gasteiger charge is 2.21. The van der Waals surface area contributed by atoms with Crippen LogP contribution in [0.3, 0.4) is 0 Å². The zero-order valence-corrected chi connectivity index (χ0v) is 10.3. The third kappa shape index (κ3) is 2.20. The van der Waals surface area contributed by atoms with E-state index in [1.807, 2.05) is 0 Å². The van der Waals surface area contributed by atoms with E-state index in [4.69, 9.17) is 0 Å². The number of hydrogen-bond acceptors (Lipinski definition) is 1. The Morgan fingerprint density at radius 1 is 1.29 bits per heavy atom. The molecule has 1 aromatic rings. The maximum absolute atomic E-state index is 12.6. The lowest BCUT2D eigenvalue weighted by Gasteiger charge is -2.10. The summed E-state index contributed by atoms with van der Waals surface area (Å²) in [4.78, 5) is 11.2. The first-order valence-corrected chi connectivity index (χ1v) is 5.30. The fraction of sp³-hybridized carbons (Fsp3) is 0.222. The summed E-state index contributed by atoms with van der Waals surface area (Å²) in [6.45, 7) is 1.26. The van der Waals surface area contributed by atoms with Gasteiger partial charge in [-0.25, -0.2) is 8.78 Å². The molecule has 0 unspecified atom stereocenters. The van der Waals surface area contributed by atoms with Crippen LogP contribution in [-0.4, -0.2) is 5.78 Å². The molecule has 0 aromatic heterocycles. The van der Waals surface area contributed by atoms with Crippen molar-refractivity contribution in [1.82, 2.24) is 0 Å². The van der Waals surface area contributed by atoms with Crippen LogP contribution in [0.15, 0.2) is 21.1 Å². The summed E-state index contributed by atoms with van der Waals surface area (Å²) in [5.41, 5.74) is -0.221. The molecule has 5 heteroatoms. The van der Waals surface area contributed by atoms with E-state index in [1.165, 1.54) is 13.0 Å². The lowest BCUT2D eigenvalue weighted by atomic mass is 10.1. The molecule has 0 bridgehead atoms. The van der Waals surface area contributed by atoms with Crippen molar-refractivity contribution in [1.29, 1.82) is 0 Å². The second kappa shape index (κ2) is 4.49. The monoisotopic (exact) mass is 326 g/mol. The van der Waals surface area contributed by atoms with Crippen LogP contribution in [0.4, 0.5) is 8.78 Å². The van der Waals surface area contributed by atoms with Gasteiger partial charge in [-0.1, -0.05) is 31.9 Å². The standard InChI is InChI=1S/C9H6Br2F2O/c1-4(14)7-5(10)2-3-6(11)8(7)9(12)13/h2-3,9H,1H3. The predicted octanol–water partition coefficient (Wildman–Crippen LogP) is 4.35. The molecule has 0 N–H and O–H groups in total. The fourth-order valence-electron chi connectivity index (χ4n) is 1.14. The van der Waals surface area contributed by atoms with Gasteiger partial charge in [-0.2, -0.15) is 0 Å². The summed E-state index contributed by atoms with van der Waals surface area (Å²) in [5.74, 6) is -0.381. The third-order valence-electron chi connectivity index (χ3n) is 1.71. The summed E-state index contributed by atoms with van der Waals surface area (Å²) in [5, 5.41) is 0. The molecule has 0 radical (unpaired) electrons. The third-order valence-corrected chi connectivity index (χ3v) is 3.06. The van der Waals surface area contributed by atoms with Gasteiger partial charge in [0.1, 0.15) is 0 Å². The molecular formula is C9H6Br2F2O. The molecule has 0 amide bonds. The van der Waals surface area contributed by atoms with E-state index in [9.17, 15) is 13.6 Å². The first kappa shape index (κ1) is 11.8. The van der Waals surface area contributed by atoms with Gasteiger partial charge in [0.05, 0.1) is 0 Å². The van der Waals surface area contributed by atoms with Crippen molar-refractivity contribution in [3.8, 4) is 0 Å². The molecular weight excluding hydrogens is 322 g/mol. The van der Waals surface area contributed by atoms with Gasteiger partial charge in [0.2, 0.25) is 0 Å². The Balaban J connectivity index is 3.50. The minimum atomic E-state index is -2.67. The second-order valence-electron chi connectivity index (χ2n) is 2.67. The molecule has 0 saturated carbocycles. The highest BCUT2D eigenvalue weighted by atomic mass is 79.9. The summed E-state index contributed by atoms with van der Waals surface area (Å²) < 4.78 is 25.9. The summed E-state index contributed by atoms with van der Waals surface area (Å²) in [7, 11) is 0. The molecule has 0 saturated heterocycles. The molecule has 0 spiro atoms. The summed E-state index contributed by atoms with van der Waals surface area (Å²) in [6.07, 6.45) is -2.67. The number of alkyl halides is 2. The van der Waals surface area contributed by atoms with Crippen LogP contribution in [0.5, 0.6) is 0 Å². The molecule has 0 aliphatic heterocycles. The number of hydrogen-bond donors (Lipinski definition) is 0. The summed E-state index contributed by atoms with van der Waals surface area (Å²) in [6, 6.07) is 3.05. The Kier molecular flexibility index (Phi) is 3.78. The van der Waals surface area contributed by atoms with Gasteiger partial charge in [-0.05, 0) is 19.1 Å². The van der Waals surface area contributed by atoms with Crippen LogP contribution in [0.2, 0.25) is 0 Å². The maximum Gasteiger partial charge on any atom is 0.265 e. The zero-order chi connectivity index (χ0) is 10.9. The normalized spacial score (nSPS) is 10.7. The number of benzene rings is 1. The number of rotatable bonds is 2. The Morgan fingerprint density at radius 2 is 1.79 bits per heavy atom. The number of ketones is 1. The van der Waals surface area contributed by atoms with Gasteiger partial charge in [0.15, 0.2) is 5.78 Å². The maximum atomic E-state index is 12.6. The number of Topliss-reactive ketones (excluding diaryl/α,β-unsaturated/α-hetero) is 1. The van der Waals surface area contributed by atoms with Crippen molar-refractivity contribution < 1.29 is 13.6 Å². The van der Waals surface area contributed by atoms with Crippen LogP contribution in [-0.2, 0) is 0 Å². The molecule has 1 aromatic carbocycles. The van der Waals surface area contributed by atoms with Gasteiger partial charge >= 0.3 is 0 Å². The largest absolute Gasteiger partial charge is 0.294 e. The number of carbonyl (C=O) groups excluding carboxylic acids is 1. The molecule has 0 fully saturated rings. The molecule has 0 aliphatic carbocycles. The minimum Gasteiger partial charge on any atom is -0.294 e. The number of carbonyl (C=O) groups is 1. The van der Waals surface area contributed by atoms with Crippen molar-refractivity contribution in [2.75, 3.05) is 0 Å². The Morgan fingerprint density at radius 3 is 2.14 bits per heavy atom. The summed E-state index contributed by atoms with van der Waals surface area (Å²) >= 11 is 6.07. The van der Waals surface area contributed by atoms with Gasteiger partial charge in [-0.15, -0.1) is 0 Å².